The van der Waals surface area contributed by atoms with Gasteiger partial charge in [-0.2, -0.15) is 0 Å². The van der Waals surface area contributed by atoms with E-state index in [0.717, 1.165) is 0 Å². The molecule has 0 saturated heterocycles. The summed E-state index contributed by atoms with van der Waals surface area (Å²) in [4.78, 5) is 0. The molecule has 1 aliphatic rings. The van der Waals surface area contributed by atoms with Crippen molar-refractivity contribution < 1.29 is 0 Å². The molecule has 1 atom stereocenters. The highest BCUT2D eigenvalue weighted by Gasteiger charge is 2.50. The Morgan fingerprint density at radius 3 is 1.71 bits per heavy atom. The van der Waals surface area contributed by atoms with E-state index in [4.69, 9.17) is 0 Å². The lowest BCUT2D eigenvalue weighted by atomic mass is 9.48. The van der Waals surface area contributed by atoms with Crippen molar-refractivity contribution in [2.24, 2.45) is 22.2 Å². The summed E-state index contributed by atoms with van der Waals surface area (Å²) in [5.41, 5.74) is 1.04. The molecule has 0 spiro atoms. The van der Waals surface area contributed by atoms with Gasteiger partial charge in [0.2, 0.25) is 0 Å². The first kappa shape index (κ1) is 13.7. The molecule has 1 aliphatic carbocycles. The summed E-state index contributed by atoms with van der Waals surface area (Å²) in [6.45, 7) is 16.6. The van der Waals surface area contributed by atoms with Crippen LogP contribution < -0.4 is 0 Å². The Kier molecular flexibility index (Phi) is 3.33. The van der Waals surface area contributed by atoms with E-state index in [2.05, 4.69) is 60.6 Å². The lowest BCUT2D eigenvalue weighted by Gasteiger charge is -2.56. The highest BCUT2D eigenvalue weighted by atomic mass is 14.5. The van der Waals surface area contributed by atoms with Gasteiger partial charge in [-0.05, 0) is 22.2 Å². The van der Waals surface area contributed by atoms with Crippen LogP contribution in [-0.2, 0) is 0 Å². The van der Waals surface area contributed by atoms with Crippen LogP contribution >= 0.6 is 0 Å². The molecule has 0 aliphatic heterocycles. The number of rotatable bonds is 0. The maximum atomic E-state index is 2.40. The molecule has 1 unspecified atom stereocenters. The number of hydrogen-bond donors (Lipinski definition) is 0. The second kappa shape index (κ2) is 3.40. The van der Waals surface area contributed by atoms with Crippen molar-refractivity contribution in [1.82, 2.24) is 0 Å². The molecule has 0 aromatic heterocycles. The van der Waals surface area contributed by atoms with Crippen LogP contribution in [0.15, 0.2) is 12.2 Å². The monoisotopic (exact) mass is 196 g/mol. The summed E-state index contributed by atoms with van der Waals surface area (Å²) < 4.78 is 0. The van der Waals surface area contributed by atoms with Crippen molar-refractivity contribution in [1.29, 1.82) is 0 Å². The van der Waals surface area contributed by atoms with Crippen molar-refractivity contribution in [3.63, 3.8) is 0 Å². The van der Waals surface area contributed by atoms with Crippen molar-refractivity contribution in [2.75, 3.05) is 0 Å². The Bertz CT molecular complexity index is 228. The summed E-state index contributed by atoms with van der Waals surface area (Å²) in [6, 6.07) is 0. The second-order valence-electron chi connectivity index (χ2n) is 6.22. The van der Waals surface area contributed by atoms with Gasteiger partial charge < -0.3 is 0 Å². The highest BCUT2D eigenvalue weighted by molar-refractivity contribution is 5.15. The molecule has 0 saturated carbocycles. The standard InChI is InChI=1S/C13H24.CH4/c1-10-8-9-11(2,3)13(6,7)12(10,4)5;/h8-10H,1-7H3;1H4. The van der Waals surface area contributed by atoms with Crippen molar-refractivity contribution >= 4 is 0 Å². The van der Waals surface area contributed by atoms with Gasteiger partial charge in [-0.15, -0.1) is 0 Å². The van der Waals surface area contributed by atoms with Gasteiger partial charge in [-0.1, -0.05) is 68.0 Å². The molecule has 0 aromatic rings. The molecule has 0 radical (unpaired) electrons. The van der Waals surface area contributed by atoms with Gasteiger partial charge >= 0.3 is 0 Å². The van der Waals surface area contributed by atoms with E-state index in [1.165, 1.54) is 0 Å². The molecule has 14 heavy (non-hydrogen) atoms. The van der Waals surface area contributed by atoms with Gasteiger partial charge in [0.05, 0.1) is 0 Å². The minimum absolute atomic E-state index is 0. The Labute approximate surface area is 90.8 Å². The first-order valence-corrected chi connectivity index (χ1v) is 5.32. The van der Waals surface area contributed by atoms with Crippen LogP contribution in [-0.4, -0.2) is 0 Å². The van der Waals surface area contributed by atoms with Crippen molar-refractivity contribution in [3.05, 3.63) is 12.2 Å². The van der Waals surface area contributed by atoms with Gasteiger partial charge in [0.15, 0.2) is 0 Å². The fourth-order valence-electron chi connectivity index (χ4n) is 2.23. The Hall–Kier alpha value is -0.260. The first-order chi connectivity index (χ1) is 5.63. The van der Waals surface area contributed by atoms with Gasteiger partial charge in [0.1, 0.15) is 0 Å². The number of allylic oxidation sites excluding steroid dienone is 2. The van der Waals surface area contributed by atoms with Gasteiger partial charge in [0, 0.05) is 0 Å². The third-order valence-corrected chi connectivity index (χ3v) is 5.16. The van der Waals surface area contributed by atoms with E-state index >= 15 is 0 Å². The molecule has 0 heterocycles. The molecule has 0 aromatic carbocycles. The SMILES string of the molecule is C.CC1C=CC(C)(C)C(C)(C)C1(C)C. The molecular weight excluding hydrogens is 168 g/mol. The minimum atomic E-state index is 0. The van der Waals surface area contributed by atoms with Crippen LogP contribution in [0.1, 0.15) is 55.9 Å². The average molecular weight is 196 g/mol. The third-order valence-electron chi connectivity index (χ3n) is 5.16. The van der Waals surface area contributed by atoms with Crippen LogP contribution in [0, 0.1) is 22.2 Å². The van der Waals surface area contributed by atoms with E-state index < -0.39 is 0 Å². The largest absolute Gasteiger partial charge is 0.0846 e. The fourth-order valence-corrected chi connectivity index (χ4v) is 2.23. The molecule has 1 rings (SSSR count). The summed E-state index contributed by atoms with van der Waals surface area (Å²) >= 11 is 0. The quantitative estimate of drug-likeness (QED) is 0.483. The predicted octanol–water partition coefficient (Wildman–Crippen LogP) is 4.91. The predicted molar refractivity (Wildman–Crippen MR) is 66.4 cm³/mol. The Balaban J connectivity index is 0.00000169. The summed E-state index contributed by atoms with van der Waals surface area (Å²) in [5, 5.41) is 0. The molecule has 0 heteroatoms. The normalized spacial score (nSPS) is 32.1. The summed E-state index contributed by atoms with van der Waals surface area (Å²) in [7, 11) is 0. The van der Waals surface area contributed by atoms with E-state index in [0.29, 0.717) is 22.2 Å². The van der Waals surface area contributed by atoms with E-state index in [1.807, 2.05) is 0 Å². The highest BCUT2D eigenvalue weighted by Crippen LogP contribution is 2.58. The lowest BCUT2D eigenvalue weighted by molar-refractivity contribution is -0.0279. The smallest absolute Gasteiger partial charge is 0.0118 e. The minimum Gasteiger partial charge on any atom is -0.0846 e. The average Bonchev–Trinajstić information content (AvgIpc) is 1.97. The molecule has 0 fully saturated rings. The Morgan fingerprint density at radius 1 is 0.929 bits per heavy atom. The third kappa shape index (κ3) is 1.53. The lowest BCUT2D eigenvalue weighted by Crippen LogP contribution is -2.49. The molecule has 0 amide bonds. The van der Waals surface area contributed by atoms with Gasteiger partial charge in [-0.3, -0.25) is 0 Å². The first-order valence-electron chi connectivity index (χ1n) is 5.32. The van der Waals surface area contributed by atoms with Crippen LogP contribution in [0.5, 0.6) is 0 Å². The van der Waals surface area contributed by atoms with Gasteiger partial charge in [-0.25, -0.2) is 0 Å². The maximum absolute atomic E-state index is 2.40. The van der Waals surface area contributed by atoms with Crippen LogP contribution in [0.25, 0.3) is 0 Å². The topological polar surface area (TPSA) is 0 Å². The molecule has 0 N–H and O–H groups in total. The zero-order valence-corrected chi connectivity index (χ0v) is 10.2. The fraction of sp³-hybridized carbons (Fsp3) is 0.857. The molecule has 84 valence electrons. The number of hydrogen-bond acceptors (Lipinski definition) is 0. The van der Waals surface area contributed by atoms with Gasteiger partial charge in [0.25, 0.3) is 0 Å². The second-order valence-corrected chi connectivity index (χ2v) is 6.22. The zero-order chi connectivity index (χ0) is 10.5. The maximum Gasteiger partial charge on any atom is -0.0118 e. The van der Waals surface area contributed by atoms with Crippen LogP contribution in [0.2, 0.25) is 0 Å². The van der Waals surface area contributed by atoms with E-state index in [1.54, 1.807) is 0 Å². The van der Waals surface area contributed by atoms with Crippen molar-refractivity contribution in [2.45, 2.75) is 55.9 Å². The molecular formula is C14H28. The Morgan fingerprint density at radius 2 is 1.36 bits per heavy atom. The molecule has 0 bridgehead atoms. The van der Waals surface area contributed by atoms with E-state index in [-0.39, 0.29) is 7.43 Å². The van der Waals surface area contributed by atoms with Crippen molar-refractivity contribution in [3.8, 4) is 0 Å². The summed E-state index contributed by atoms with van der Waals surface area (Å²) in [5.74, 6) is 0.676. The zero-order valence-electron chi connectivity index (χ0n) is 10.2. The van der Waals surface area contributed by atoms with Crippen LogP contribution in [0.3, 0.4) is 0 Å². The molecule has 0 nitrogen and oxygen atoms in total. The van der Waals surface area contributed by atoms with Crippen LogP contribution in [0.4, 0.5) is 0 Å². The summed E-state index contributed by atoms with van der Waals surface area (Å²) in [6.07, 6.45) is 4.77. The van der Waals surface area contributed by atoms with E-state index in [9.17, 15) is 0 Å².